The molecule has 2 atom stereocenters. The standard InChI is InChI=1S/C20H23NO4/c1-4-15(14-9-10-16(23-3)13(2)11-14)21-20(22)19-12-24-17-7-5-6-8-18(17)25-19/h5-11,15,19H,4,12H2,1-3H3,(H,21,22)/t15-,19-/m0/s1. The topological polar surface area (TPSA) is 56.8 Å². The quantitative estimate of drug-likeness (QED) is 0.905. The second kappa shape index (κ2) is 7.47. The average molecular weight is 341 g/mol. The van der Waals surface area contributed by atoms with Gasteiger partial charge in [-0.2, -0.15) is 0 Å². The molecule has 3 rings (SSSR count). The second-order valence-corrected chi connectivity index (χ2v) is 6.06. The molecule has 0 fully saturated rings. The fourth-order valence-electron chi connectivity index (χ4n) is 2.95. The van der Waals surface area contributed by atoms with Crippen molar-refractivity contribution in [2.75, 3.05) is 13.7 Å². The monoisotopic (exact) mass is 341 g/mol. The van der Waals surface area contributed by atoms with Crippen LogP contribution in [0.25, 0.3) is 0 Å². The molecule has 1 heterocycles. The number of nitrogens with one attached hydrogen (secondary N) is 1. The van der Waals surface area contributed by atoms with Crippen LogP contribution < -0.4 is 19.5 Å². The van der Waals surface area contributed by atoms with Gasteiger partial charge in [0.25, 0.3) is 5.91 Å². The Balaban J connectivity index is 1.70. The molecule has 1 aliphatic heterocycles. The number of methoxy groups -OCH3 is 1. The second-order valence-electron chi connectivity index (χ2n) is 6.06. The molecule has 1 N–H and O–H groups in total. The number of hydrogen-bond acceptors (Lipinski definition) is 4. The normalized spacial score (nSPS) is 16.8. The van der Waals surface area contributed by atoms with Crippen LogP contribution in [0.3, 0.4) is 0 Å². The number of fused-ring (bicyclic) bond motifs is 1. The van der Waals surface area contributed by atoms with Crippen molar-refractivity contribution in [1.82, 2.24) is 5.32 Å². The number of carbonyl (C=O) groups excluding carboxylic acids is 1. The van der Waals surface area contributed by atoms with Crippen LogP contribution >= 0.6 is 0 Å². The molecule has 0 bridgehead atoms. The van der Waals surface area contributed by atoms with Gasteiger partial charge >= 0.3 is 0 Å². The SMILES string of the molecule is CC[C@H](NC(=O)[C@@H]1COc2ccccc2O1)c1ccc(OC)c(C)c1. The Bertz CT molecular complexity index is 759. The maximum Gasteiger partial charge on any atom is 0.265 e. The minimum atomic E-state index is -0.650. The van der Waals surface area contributed by atoms with E-state index in [2.05, 4.69) is 5.32 Å². The largest absolute Gasteiger partial charge is 0.496 e. The van der Waals surface area contributed by atoms with E-state index < -0.39 is 6.10 Å². The van der Waals surface area contributed by atoms with Gasteiger partial charge in [0.1, 0.15) is 12.4 Å². The van der Waals surface area contributed by atoms with Crippen LogP contribution in [0, 0.1) is 6.92 Å². The highest BCUT2D eigenvalue weighted by molar-refractivity contribution is 5.82. The van der Waals surface area contributed by atoms with E-state index in [0.717, 1.165) is 23.3 Å². The van der Waals surface area contributed by atoms with Crippen molar-refractivity contribution in [2.24, 2.45) is 0 Å². The van der Waals surface area contributed by atoms with E-state index in [0.29, 0.717) is 11.5 Å². The van der Waals surface area contributed by atoms with E-state index in [9.17, 15) is 4.79 Å². The lowest BCUT2D eigenvalue weighted by Gasteiger charge is -2.27. The predicted molar refractivity (Wildman–Crippen MR) is 95.3 cm³/mol. The highest BCUT2D eigenvalue weighted by Crippen LogP contribution is 2.31. The van der Waals surface area contributed by atoms with Crippen LogP contribution in [-0.2, 0) is 4.79 Å². The van der Waals surface area contributed by atoms with E-state index in [-0.39, 0.29) is 18.6 Å². The third kappa shape index (κ3) is 3.71. The van der Waals surface area contributed by atoms with Gasteiger partial charge in [0.2, 0.25) is 6.10 Å². The number of rotatable bonds is 5. The summed E-state index contributed by atoms with van der Waals surface area (Å²) < 4.78 is 16.7. The summed E-state index contributed by atoms with van der Waals surface area (Å²) in [7, 11) is 1.65. The smallest absolute Gasteiger partial charge is 0.265 e. The number of para-hydroxylation sites is 2. The maximum atomic E-state index is 12.6. The Kier molecular flexibility index (Phi) is 5.12. The molecule has 132 valence electrons. The Morgan fingerprint density at radius 3 is 2.72 bits per heavy atom. The summed E-state index contributed by atoms with van der Waals surface area (Å²) >= 11 is 0. The number of benzene rings is 2. The summed E-state index contributed by atoms with van der Waals surface area (Å²) in [6.45, 7) is 4.24. The van der Waals surface area contributed by atoms with Crippen molar-refractivity contribution in [3.63, 3.8) is 0 Å². The van der Waals surface area contributed by atoms with Gasteiger partial charge in [-0.1, -0.05) is 31.2 Å². The number of hydrogen-bond donors (Lipinski definition) is 1. The van der Waals surface area contributed by atoms with Crippen LogP contribution in [0.4, 0.5) is 0 Å². The zero-order valence-electron chi connectivity index (χ0n) is 14.7. The van der Waals surface area contributed by atoms with Gasteiger partial charge in [-0.15, -0.1) is 0 Å². The number of carbonyl (C=O) groups is 1. The highest BCUT2D eigenvalue weighted by atomic mass is 16.6. The number of aryl methyl sites for hydroxylation is 1. The van der Waals surface area contributed by atoms with Crippen molar-refractivity contribution in [3.05, 3.63) is 53.6 Å². The molecule has 0 aliphatic carbocycles. The van der Waals surface area contributed by atoms with Crippen LogP contribution in [0.5, 0.6) is 17.2 Å². The summed E-state index contributed by atoms with van der Waals surface area (Å²) in [6.07, 6.45) is 0.130. The Morgan fingerprint density at radius 2 is 2.04 bits per heavy atom. The Labute approximate surface area is 147 Å². The summed E-state index contributed by atoms with van der Waals surface area (Å²) in [5.74, 6) is 1.94. The first kappa shape index (κ1) is 17.1. The van der Waals surface area contributed by atoms with Gasteiger partial charge < -0.3 is 19.5 Å². The van der Waals surface area contributed by atoms with E-state index in [4.69, 9.17) is 14.2 Å². The van der Waals surface area contributed by atoms with Crippen molar-refractivity contribution >= 4 is 5.91 Å². The van der Waals surface area contributed by atoms with Gasteiger partial charge in [-0.3, -0.25) is 4.79 Å². The zero-order chi connectivity index (χ0) is 17.8. The van der Waals surface area contributed by atoms with E-state index in [1.807, 2.05) is 50.2 Å². The number of amides is 1. The average Bonchev–Trinajstić information content (AvgIpc) is 2.65. The Morgan fingerprint density at radius 1 is 1.28 bits per heavy atom. The first-order valence-corrected chi connectivity index (χ1v) is 8.45. The molecule has 1 amide bonds. The van der Waals surface area contributed by atoms with E-state index >= 15 is 0 Å². The van der Waals surface area contributed by atoms with Crippen LogP contribution in [-0.4, -0.2) is 25.7 Å². The fraction of sp³-hybridized carbons (Fsp3) is 0.350. The van der Waals surface area contributed by atoms with Gasteiger partial charge in [-0.05, 0) is 42.7 Å². The molecule has 0 saturated heterocycles. The summed E-state index contributed by atoms with van der Waals surface area (Å²) in [4.78, 5) is 12.6. The summed E-state index contributed by atoms with van der Waals surface area (Å²) in [5, 5.41) is 3.06. The third-order valence-electron chi connectivity index (χ3n) is 4.35. The minimum Gasteiger partial charge on any atom is -0.496 e. The predicted octanol–water partition coefficient (Wildman–Crippen LogP) is 3.41. The minimum absolute atomic E-state index is 0.0853. The number of ether oxygens (including phenoxy) is 3. The van der Waals surface area contributed by atoms with Crippen LogP contribution in [0.2, 0.25) is 0 Å². The Hall–Kier alpha value is -2.69. The van der Waals surface area contributed by atoms with Crippen molar-refractivity contribution in [3.8, 4) is 17.2 Å². The van der Waals surface area contributed by atoms with Gasteiger partial charge in [0, 0.05) is 0 Å². The first-order valence-electron chi connectivity index (χ1n) is 8.45. The van der Waals surface area contributed by atoms with Crippen LogP contribution in [0.1, 0.15) is 30.5 Å². The molecule has 0 aromatic heterocycles. The van der Waals surface area contributed by atoms with E-state index in [1.54, 1.807) is 13.2 Å². The van der Waals surface area contributed by atoms with Gasteiger partial charge in [0.05, 0.1) is 13.2 Å². The lowest BCUT2D eigenvalue weighted by atomic mass is 10.0. The lowest BCUT2D eigenvalue weighted by Crippen LogP contribution is -2.45. The molecule has 25 heavy (non-hydrogen) atoms. The van der Waals surface area contributed by atoms with Crippen LogP contribution in [0.15, 0.2) is 42.5 Å². The molecule has 5 heteroatoms. The van der Waals surface area contributed by atoms with Crippen molar-refractivity contribution in [1.29, 1.82) is 0 Å². The zero-order valence-corrected chi connectivity index (χ0v) is 14.7. The molecular formula is C20H23NO4. The van der Waals surface area contributed by atoms with E-state index in [1.165, 1.54) is 0 Å². The lowest BCUT2D eigenvalue weighted by molar-refractivity contribution is -0.131. The molecule has 0 saturated carbocycles. The summed E-state index contributed by atoms with van der Waals surface area (Å²) in [6, 6.07) is 13.2. The molecule has 2 aromatic carbocycles. The first-order chi connectivity index (χ1) is 12.1. The molecule has 0 radical (unpaired) electrons. The highest BCUT2D eigenvalue weighted by Gasteiger charge is 2.28. The van der Waals surface area contributed by atoms with Gasteiger partial charge in [-0.25, -0.2) is 0 Å². The molecule has 0 unspecified atom stereocenters. The molecule has 0 spiro atoms. The summed E-state index contributed by atoms with van der Waals surface area (Å²) in [5.41, 5.74) is 2.09. The maximum absolute atomic E-state index is 12.6. The van der Waals surface area contributed by atoms with Crippen molar-refractivity contribution in [2.45, 2.75) is 32.4 Å². The molecular weight excluding hydrogens is 318 g/mol. The van der Waals surface area contributed by atoms with Gasteiger partial charge in [0.15, 0.2) is 11.5 Å². The molecule has 2 aromatic rings. The van der Waals surface area contributed by atoms with Crippen molar-refractivity contribution < 1.29 is 19.0 Å². The fourth-order valence-corrected chi connectivity index (χ4v) is 2.95. The third-order valence-corrected chi connectivity index (χ3v) is 4.35. The molecule has 5 nitrogen and oxygen atoms in total. The molecule has 1 aliphatic rings.